The summed E-state index contributed by atoms with van der Waals surface area (Å²) in [6.07, 6.45) is 1.59. The molecular weight excluding hydrogens is 422 g/mol. The van der Waals surface area contributed by atoms with Crippen LogP contribution in [-0.4, -0.2) is 44.6 Å². The predicted octanol–water partition coefficient (Wildman–Crippen LogP) is 4.57. The first-order valence-corrected chi connectivity index (χ1v) is 10.2. The number of halogens is 1. The maximum Gasteiger partial charge on any atom is 0.410 e. The van der Waals surface area contributed by atoms with Crippen LogP contribution in [0.1, 0.15) is 45.4 Å². The lowest BCUT2D eigenvalue weighted by atomic mass is 9.98. The number of aromatic nitrogens is 3. The van der Waals surface area contributed by atoms with Crippen molar-refractivity contribution in [1.82, 2.24) is 19.9 Å². The fraction of sp³-hybridized carbons (Fsp3) is 0.450. The van der Waals surface area contributed by atoms with Gasteiger partial charge in [0.15, 0.2) is 0 Å². The lowest BCUT2D eigenvalue weighted by molar-refractivity contribution is 0.0196. The van der Waals surface area contributed by atoms with Gasteiger partial charge in [-0.1, -0.05) is 15.9 Å². The fourth-order valence-electron chi connectivity index (χ4n) is 3.64. The van der Waals surface area contributed by atoms with E-state index in [4.69, 9.17) is 15.5 Å². The molecule has 7 nitrogen and oxygen atoms in total. The molecule has 0 unspecified atom stereocenters. The molecule has 3 aromatic rings. The molecule has 1 saturated heterocycles. The number of aromatic amines is 1. The molecule has 1 atom stereocenters. The predicted molar refractivity (Wildman–Crippen MR) is 113 cm³/mol. The number of carbonyl (C=O) groups excluding carboxylic acids is 1. The standard InChI is InChI=1S/C20H24BrN5O2/c1-20(2,3)28-19(27)26-8-4-5-11(10-26)18-24-15-13-7-6-12(21)9-14(13)23-17(22)16(15)25-18/h6-7,9,11H,4-5,8,10H2,1-3H3,(H2,22,23)(H,24,25)/t11-/m0/s1. The van der Waals surface area contributed by atoms with Crippen LogP contribution >= 0.6 is 15.9 Å². The number of hydrogen-bond donors (Lipinski definition) is 2. The van der Waals surface area contributed by atoms with Crippen LogP contribution in [0.15, 0.2) is 22.7 Å². The molecule has 1 fully saturated rings. The highest BCUT2D eigenvalue weighted by Gasteiger charge is 2.30. The Morgan fingerprint density at radius 2 is 2.14 bits per heavy atom. The van der Waals surface area contributed by atoms with E-state index in [2.05, 4.69) is 25.9 Å². The normalized spacial score (nSPS) is 18.0. The Bertz CT molecular complexity index is 1060. The molecular formula is C20H24BrN5O2. The van der Waals surface area contributed by atoms with Crippen LogP contribution in [0.3, 0.4) is 0 Å². The molecule has 2 aromatic heterocycles. The van der Waals surface area contributed by atoms with Crippen LogP contribution in [0.5, 0.6) is 0 Å². The van der Waals surface area contributed by atoms with E-state index in [0.29, 0.717) is 18.9 Å². The molecule has 4 rings (SSSR count). The third kappa shape index (κ3) is 3.65. The minimum absolute atomic E-state index is 0.110. The Balaban J connectivity index is 1.66. The summed E-state index contributed by atoms with van der Waals surface area (Å²) < 4.78 is 6.48. The van der Waals surface area contributed by atoms with Gasteiger partial charge in [-0.25, -0.2) is 14.8 Å². The summed E-state index contributed by atoms with van der Waals surface area (Å²) in [5.41, 5.74) is 8.05. The molecule has 148 valence electrons. The van der Waals surface area contributed by atoms with Gasteiger partial charge in [0.1, 0.15) is 28.3 Å². The highest BCUT2D eigenvalue weighted by molar-refractivity contribution is 9.10. The Kier molecular flexibility index (Phi) is 4.69. The Morgan fingerprint density at radius 1 is 1.36 bits per heavy atom. The molecule has 0 radical (unpaired) electrons. The summed E-state index contributed by atoms with van der Waals surface area (Å²) in [7, 11) is 0. The van der Waals surface area contributed by atoms with E-state index in [1.807, 2.05) is 39.0 Å². The van der Waals surface area contributed by atoms with E-state index in [9.17, 15) is 4.79 Å². The molecule has 8 heteroatoms. The summed E-state index contributed by atoms with van der Waals surface area (Å²) in [4.78, 5) is 26.9. The maximum absolute atomic E-state index is 12.5. The summed E-state index contributed by atoms with van der Waals surface area (Å²) in [5.74, 6) is 1.38. The number of likely N-dealkylation sites (tertiary alicyclic amines) is 1. The molecule has 0 saturated carbocycles. The van der Waals surface area contributed by atoms with Gasteiger partial charge in [-0.2, -0.15) is 0 Å². The van der Waals surface area contributed by atoms with Gasteiger partial charge in [0.2, 0.25) is 0 Å². The van der Waals surface area contributed by atoms with Crippen molar-refractivity contribution in [2.24, 2.45) is 0 Å². The third-order valence-electron chi connectivity index (χ3n) is 4.89. The zero-order chi connectivity index (χ0) is 20.1. The molecule has 0 spiro atoms. The van der Waals surface area contributed by atoms with E-state index in [-0.39, 0.29) is 12.0 Å². The highest BCUT2D eigenvalue weighted by atomic mass is 79.9. The van der Waals surface area contributed by atoms with Crippen LogP contribution < -0.4 is 5.73 Å². The number of pyridine rings is 1. The van der Waals surface area contributed by atoms with Crippen molar-refractivity contribution >= 4 is 49.8 Å². The van der Waals surface area contributed by atoms with Crippen molar-refractivity contribution in [2.75, 3.05) is 18.8 Å². The van der Waals surface area contributed by atoms with E-state index >= 15 is 0 Å². The van der Waals surface area contributed by atoms with Gasteiger partial charge in [-0.3, -0.25) is 0 Å². The second-order valence-corrected chi connectivity index (χ2v) is 9.19. The van der Waals surface area contributed by atoms with Crippen molar-refractivity contribution in [3.05, 3.63) is 28.5 Å². The molecule has 1 aromatic carbocycles. The van der Waals surface area contributed by atoms with E-state index < -0.39 is 5.60 Å². The number of nitrogen functional groups attached to an aromatic ring is 1. The number of hydrogen-bond acceptors (Lipinski definition) is 5. The van der Waals surface area contributed by atoms with Gasteiger partial charge >= 0.3 is 6.09 Å². The average Bonchev–Trinajstić information content (AvgIpc) is 3.06. The number of fused-ring (bicyclic) bond motifs is 3. The first-order chi connectivity index (χ1) is 13.2. The second kappa shape index (κ2) is 6.92. The Morgan fingerprint density at radius 3 is 2.89 bits per heavy atom. The number of imidazole rings is 1. The third-order valence-corrected chi connectivity index (χ3v) is 5.39. The summed E-state index contributed by atoms with van der Waals surface area (Å²) in [6, 6.07) is 5.90. The van der Waals surface area contributed by atoms with E-state index in [0.717, 1.165) is 45.1 Å². The molecule has 1 amide bonds. The number of piperidine rings is 1. The number of nitrogens with one attached hydrogen (secondary N) is 1. The average molecular weight is 446 g/mol. The fourth-order valence-corrected chi connectivity index (χ4v) is 3.99. The molecule has 28 heavy (non-hydrogen) atoms. The first-order valence-electron chi connectivity index (χ1n) is 9.43. The summed E-state index contributed by atoms with van der Waals surface area (Å²) >= 11 is 3.47. The molecule has 1 aliphatic rings. The van der Waals surface area contributed by atoms with E-state index in [1.165, 1.54) is 0 Å². The number of ether oxygens (including phenoxy) is 1. The maximum atomic E-state index is 12.5. The number of amides is 1. The quantitative estimate of drug-likeness (QED) is 0.571. The van der Waals surface area contributed by atoms with Crippen LogP contribution in [0.2, 0.25) is 0 Å². The number of anilines is 1. The number of carbonyl (C=O) groups is 1. The molecule has 1 aliphatic heterocycles. The van der Waals surface area contributed by atoms with Gasteiger partial charge in [0.05, 0.1) is 5.52 Å². The topological polar surface area (TPSA) is 97.1 Å². The largest absolute Gasteiger partial charge is 0.444 e. The van der Waals surface area contributed by atoms with Gasteiger partial charge < -0.3 is 20.4 Å². The van der Waals surface area contributed by atoms with Crippen molar-refractivity contribution in [1.29, 1.82) is 0 Å². The minimum Gasteiger partial charge on any atom is -0.444 e. The molecule has 0 bridgehead atoms. The summed E-state index contributed by atoms with van der Waals surface area (Å²) in [5, 5.41) is 0.953. The van der Waals surface area contributed by atoms with Crippen LogP contribution in [0.25, 0.3) is 21.9 Å². The van der Waals surface area contributed by atoms with Crippen LogP contribution in [0.4, 0.5) is 10.6 Å². The number of H-pyrrole nitrogens is 1. The molecule has 3 N–H and O–H groups in total. The lowest BCUT2D eigenvalue weighted by Crippen LogP contribution is -2.42. The van der Waals surface area contributed by atoms with Crippen molar-refractivity contribution in [3.63, 3.8) is 0 Å². The zero-order valence-electron chi connectivity index (χ0n) is 16.3. The number of rotatable bonds is 1. The number of nitrogens with two attached hydrogens (primary N) is 1. The molecule has 3 heterocycles. The van der Waals surface area contributed by atoms with Crippen molar-refractivity contribution in [2.45, 2.75) is 45.1 Å². The van der Waals surface area contributed by atoms with Crippen molar-refractivity contribution < 1.29 is 9.53 Å². The SMILES string of the molecule is CC(C)(C)OC(=O)N1CCC[C@H](c2nc3c([nH]2)c(N)nc2cc(Br)ccc23)C1. The van der Waals surface area contributed by atoms with Gasteiger partial charge in [0, 0.05) is 28.9 Å². The Hall–Kier alpha value is -2.35. The zero-order valence-corrected chi connectivity index (χ0v) is 17.8. The smallest absolute Gasteiger partial charge is 0.410 e. The van der Waals surface area contributed by atoms with Crippen LogP contribution in [-0.2, 0) is 4.74 Å². The highest BCUT2D eigenvalue weighted by Crippen LogP contribution is 2.32. The van der Waals surface area contributed by atoms with E-state index in [1.54, 1.807) is 4.90 Å². The minimum atomic E-state index is -0.503. The van der Waals surface area contributed by atoms with Crippen molar-refractivity contribution in [3.8, 4) is 0 Å². The summed E-state index contributed by atoms with van der Waals surface area (Å²) in [6.45, 7) is 6.91. The van der Waals surface area contributed by atoms with Gasteiger partial charge in [0.25, 0.3) is 0 Å². The van der Waals surface area contributed by atoms with Crippen LogP contribution in [0, 0.1) is 0 Å². The van der Waals surface area contributed by atoms with Gasteiger partial charge in [-0.15, -0.1) is 0 Å². The van der Waals surface area contributed by atoms with Gasteiger partial charge in [-0.05, 0) is 51.8 Å². The Labute approximate surface area is 171 Å². The molecule has 0 aliphatic carbocycles. The monoisotopic (exact) mass is 445 g/mol. The number of benzene rings is 1. The first kappa shape index (κ1) is 19.0. The second-order valence-electron chi connectivity index (χ2n) is 8.27. The number of nitrogens with zero attached hydrogens (tertiary/aromatic N) is 3. The lowest BCUT2D eigenvalue weighted by Gasteiger charge is -2.33.